The fourth-order valence-electron chi connectivity index (χ4n) is 2.44. The van der Waals surface area contributed by atoms with Gasteiger partial charge >= 0.3 is 0 Å². The van der Waals surface area contributed by atoms with Gasteiger partial charge in [-0.2, -0.15) is 0 Å². The number of benzene rings is 2. The van der Waals surface area contributed by atoms with Gasteiger partial charge in [-0.1, -0.05) is 30.3 Å². The Hall–Kier alpha value is -2.33. The van der Waals surface area contributed by atoms with E-state index in [0.717, 1.165) is 5.56 Å². The second-order valence-corrected chi connectivity index (χ2v) is 6.34. The highest BCUT2D eigenvalue weighted by Crippen LogP contribution is 2.26. The second kappa shape index (κ2) is 6.20. The Bertz CT molecular complexity index is 792. The number of hydrogen-bond donors (Lipinski definition) is 1. The number of fused-ring (bicyclic) bond motifs is 1. The Kier molecular flexibility index (Phi) is 4.11. The fraction of sp³-hybridized carbons (Fsp3) is 0.167. The number of carbonyl (C=O) groups excluding carboxylic acids is 1. The Balaban J connectivity index is 1.69. The molecule has 3 rings (SSSR count). The molecule has 0 aliphatic carbocycles. The number of amides is 1. The molecule has 0 unspecified atom stereocenters. The summed E-state index contributed by atoms with van der Waals surface area (Å²) in [7, 11) is 1.85. The predicted octanol–water partition coefficient (Wildman–Crippen LogP) is 3.68. The fourth-order valence-corrected chi connectivity index (χ4v) is 3.40. The molecule has 1 amide bonds. The van der Waals surface area contributed by atoms with Crippen molar-refractivity contribution in [2.45, 2.75) is 13.0 Å². The van der Waals surface area contributed by atoms with E-state index >= 15 is 0 Å². The van der Waals surface area contributed by atoms with Crippen LogP contribution < -0.4 is 5.73 Å². The SMILES string of the molecule is CN(Cc1csc2ccccc12)C(=O)Cc1ccc(N)cc1. The molecule has 3 nitrogen and oxygen atoms in total. The molecule has 22 heavy (non-hydrogen) atoms. The number of anilines is 1. The first-order valence-corrected chi connectivity index (χ1v) is 8.05. The van der Waals surface area contributed by atoms with Crippen LogP contribution in [0.3, 0.4) is 0 Å². The van der Waals surface area contributed by atoms with Crippen molar-refractivity contribution in [1.29, 1.82) is 0 Å². The van der Waals surface area contributed by atoms with Crippen LogP contribution in [0.15, 0.2) is 53.9 Å². The summed E-state index contributed by atoms with van der Waals surface area (Å²) in [5.74, 6) is 0.111. The Labute approximate surface area is 134 Å². The number of carbonyl (C=O) groups is 1. The Morgan fingerprint density at radius 3 is 2.64 bits per heavy atom. The van der Waals surface area contributed by atoms with Crippen LogP contribution in [-0.2, 0) is 17.8 Å². The number of thiophene rings is 1. The van der Waals surface area contributed by atoms with Gasteiger partial charge in [-0.15, -0.1) is 11.3 Å². The predicted molar refractivity (Wildman–Crippen MR) is 92.9 cm³/mol. The molecule has 2 aromatic carbocycles. The van der Waals surface area contributed by atoms with Gasteiger partial charge in [0, 0.05) is 24.0 Å². The highest BCUT2D eigenvalue weighted by molar-refractivity contribution is 7.17. The van der Waals surface area contributed by atoms with Crippen LogP contribution in [-0.4, -0.2) is 17.9 Å². The summed E-state index contributed by atoms with van der Waals surface area (Å²) in [6.45, 7) is 0.637. The van der Waals surface area contributed by atoms with E-state index in [-0.39, 0.29) is 5.91 Å². The minimum absolute atomic E-state index is 0.111. The van der Waals surface area contributed by atoms with Crippen LogP contribution in [0.4, 0.5) is 5.69 Å². The first-order valence-electron chi connectivity index (χ1n) is 7.17. The standard InChI is InChI=1S/C18H18N2OS/c1-20(18(21)10-13-6-8-15(19)9-7-13)11-14-12-22-17-5-3-2-4-16(14)17/h2-9,12H,10-11,19H2,1H3. The second-order valence-electron chi connectivity index (χ2n) is 5.43. The molecule has 0 aliphatic rings. The maximum atomic E-state index is 12.4. The monoisotopic (exact) mass is 310 g/mol. The number of nitrogen functional groups attached to an aromatic ring is 1. The van der Waals surface area contributed by atoms with Crippen molar-refractivity contribution in [1.82, 2.24) is 4.90 Å². The van der Waals surface area contributed by atoms with Crippen molar-refractivity contribution in [3.8, 4) is 0 Å². The maximum absolute atomic E-state index is 12.4. The first-order chi connectivity index (χ1) is 10.6. The summed E-state index contributed by atoms with van der Waals surface area (Å²) in [6, 6.07) is 15.8. The van der Waals surface area contributed by atoms with E-state index in [1.54, 1.807) is 16.2 Å². The molecule has 4 heteroatoms. The number of nitrogens with two attached hydrogens (primary N) is 1. The van der Waals surface area contributed by atoms with E-state index < -0.39 is 0 Å². The average Bonchev–Trinajstić information content (AvgIpc) is 2.93. The van der Waals surface area contributed by atoms with Gasteiger partial charge in [-0.25, -0.2) is 0 Å². The smallest absolute Gasteiger partial charge is 0.227 e. The van der Waals surface area contributed by atoms with Crippen molar-refractivity contribution in [2.24, 2.45) is 0 Å². The molecular weight excluding hydrogens is 292 g/mol. The largest absolute Gasteiger partial charge is 0.399 e. The molecule has 112 valence electrons. The normalized spacial score (nSPS) is 10.8. The van der Waals surface area contributed by atoms with Crippen LogP contribution >= 0.6 is 11.3 Å². The highest BCUT2D eigenvalue weighted by Gasteiger charge is 2.12. The average molecular weight is 310 g/mol. The van der Waals surface area contributed by atoms with Crippen LogP contribution in [0.2, 0.25) is 0 Å². The summed E-state index contributed by atoms with van der Waals surface area (Å²) in [5.41, 5.74) is 8.57. The molecule has 3 aromatic rings. The van der Waals surface area contributed by atoms with Crippen molar-refractivity contribution >= 4 is 33.0 Å². The third-order valence-electron chi connectivity index (χ3n) is 3.73. The minimum Gasteiger partial charge on any atom is -0.399 e. The molecule has 2 N–H and O–H groups in total. The minimum atomic E-state index is 0.111. The number of likely N-dealkylation sites (N-methyl/N-ethyl adjacent to an activating group) is 1. The van der Waals surface area contributed by atoms with Crippen molar-refractivity contribution in [3.05, 3.63) is 65.0 Å². The van der Waals surface area contributed by atoms with Crippen LogP contribution in [0.1, 0.15) is 11.1 Å². The lowest BCUT2D eigenvalue weighted by Crippen LogP contribution is -2.27. The van der Waals surface area contributed by atoms with E-state index in [1.807, 2.05) is 43.4 Å². The van der Waals surface area contributed by atoms with E-state index in [9.17, 15) is 4.79 Å². The molecule has 0 spiro atoms. The van der Waals surface area contributed by atoms with Gasteiger partial charge in [0.1, 0.15) is 0 Å². The number of rotatable bonds is 4. The third-order valence-corrected chi connectivity index (χ3v) is 4.74. The van der Waals surface area contributed by atoms with E-state index in [1.165, 1.54) is 15.6 Å². The molecule has 0 fully saturated rings. The maximum Gasteiger partial charge on any atom is 0.227 e. The lowest BCUT2D eigenvalue weighted by molar-refractivity contribution is -0.129. The van der Waals surface area contributed by atoms with Crippen LogP contribution in [0.25, 0.3) is 10.1 Å². The summed E-state index contributed by atoms with van der Waals surface area (Å²) < 4.78 is 1.26. The van der Waals surface area contributed by atoms with Crippen LogP contribution in [0, 0.1) is 0 Å². The van der Waals surface area contributed by atoms with Crippen molar-refractivity contribution in [2.75, 3.05) is 12.8 Å². The summed E-state index contributed by atoms with van der Waals surface area (Å²) in [4.78, 5) is 14.1. The zero-order valence-electron chi connectivity index (χ0n) is 12.5. The molecular formula is C18H18N2OS. The van der Waals surface area contributed by atoms with Gasteiger partial charge in [0.05, 0.1) is 6.42 Å². The van der Waals surface area contributed by atoms with Gasteiger partial charge in [-0.05, 0) is 40.1 Å². The quantitative estimate of drug-likeness (QED) is 0.747. The topological polar surface area (TPSA) is 46.3 Å². The van der Waals surface area contributed by atoms with Crippen LogP contribution in [0.5, 0.6) is 0 Å². The van der Waals surface area contributed by atoms with E-state index in [0.29, 0.717) is 18.7 Å². The molecule has 0 aliphatic heterocycles. The lowest BCUT2D eigenvalue weighted by Gasteiger charge is -2.17. The summed E-state index contributed by atoms with van der Waals surface area (Å²) in [5, 5.41) is 3.37. The number of hydrogen-bond acceptors (Lipinski definition) is 3. The Morgan fingerprint density at radius 1 is 1.14 bits per heavy atom. The van der Waals surface area contributed by atoms with Gasteiger partial charge in [-0.3, -0.25) is 4.79 Å². The van der Waals surface area contributed by atoms with E-state index in [2.05, 4.69) is 17.5 Å². The Morgan fingerprint density at radius 2 is 1.86 bits per heavy atom. The number of nitrogens with zero attached hydrogens (tertiary/aromatic N) is 1. The molecule has 0 saturated heterocycles. The lowest BCUT2D eigenvalue weighted by atomic mass is 10.1. The zero-order valence-corrected chi connectivity index (χ0v) is 13.3. The molecule has 0 bridgehead atoms. The van der Waals surface area contributed by atoms with Gasteiger partial charge < -0.3 is 10.6 Å². The molecule has 1 aromatic heterocycles. The molecule has 1 heterocycles. The third kappa shape index (κ3) is 3.12. The molecule has 0 atom stereocenters. The first kappa shape index (κ1) is 14.6. The van der Waals surface area contributed by atoms with Gasteiger partial charge in [0.25, 0.3) is 0 Å². The molecule has 0 radical (unpaired) electrons. The van der Waals surface area contributed by atoms with Gasteiger partial charge in [0.2, 0.25) is 5.91 Å². The highest BCUT2D eigenvalue weighted by atomic mass is 32.1. The zero-order chi connectivity index (χ0) is 15.5. The van der Waals surface area contributed by atoms with E-state index in [4.69, 9.17) is 5.73 Å². The molecule has 0 saturated carbocycles. The van der Waals surface area contributed by atoms with Crippen molar-refractivity contribution < 1.29 is 4.79 Å². The van der Waals surface area contributed by atoms with Crippen molar-refractivity contribution in [3.63, 3.8) is 0 Å². The summed E-state index contributed by atoms with van der Waals surface area (Å²) in [6.07, 6.45) is 0.402. The van der Waals surface area contributed by atoms with Gasteiger partial charge in [0.15, 0.2) is 0 Å². The summed E-state index contributed by atoms with van der Waals surface area (Å²) >= 11 is 1.72.